The lowest BCUT2D eigenvalue weighted by molar-refractivity contribution is 0.0954. The summed E-state index contributed by atoms with van der Waals surface area (Å²) in [5, 5.41) is 7.58. The van der Waals surface area contributed by atoms with E-state index in [2.05, 4.69) is 15.8 Å². The molecule has 40 heavy (non-hydrogen) atoms. The van der Waals surface area contributed by atoms with Gasteiger partial charge in [-0.1, -0.05) is 54.1 Å². The number of halogens is 1. The minimum absolute atomic E-state index is 0.125. The second-order valence-electron chi connectivity index (χ2n) is 8.98. The molecule has 0 aliphatic carbocycles. The fourth-order valence-corrected chi connectivity index (χ4v) is 4.80. The lowest BCUT2D eigenvalue weighted by Gasteiger charge is -2.22. The summed E-state index contributed by atoms with van der Waals surface area (Å²) in [4.78, 5) is 25.0. The number of nitrogens with one attached hydrogen (secondary N) is 2. The highest BCUT2D eigenvalue weighted by Gasteiger charge is 2.18. The number of nitrogens with zero attached hydrogens (tertiary/aromatic N) is 2. The summed E-state index contributed by atoms with van der Waals surface area (Å²) in [6.45, 7) is 1.88. The van der Waals surface area contributed by atoms with E-state index in [4.69, 9.17) is 11.6 Å². The monoisotopic (exact) mass is 574 g/mol. The van der Waals surface area contributed by atoms with Crippen molar-refractivity contribution in [2.75, 3.05) is 15.9 Å². The third-order valence-corrected chi connectivity index (χ3v) is 7.37. The van der Waals surface area contributed by atoms with Crippen molar-refractivity contribution >= 4 is 50.5 Å². The van der Waals surface area contributed by atoms with Gasteiger partial charge in [0.05, 0.1) is 24.2 Å². The van der Waals surface area contributed by atoms with Crippen molar-refractivity contribution in [2.45, 2.75) is 13.5 Å². The maximum absolute atomic E-state index is 12.7. The van der Waals surface area contributed by atoms with Crippen LogP contribution in [-0.2, 0) is 16.6 Å². The molecular formula is C30H27ClN4O4S. The molecule has 0 aromatic heterocycles. The molecule has 0 saturated carbocycles. The molecule has 8 nitrogen and oxygen atoms in total. The predicted molar refractivity (Wildman–Crippen MR) is 159 cm³/mol. The predicted octanol–water partition coefficient (Wildman–Crippen LogP) is 5.71. The Labute approximate surface area is 238 Å². The van der Waals surface area contributed by atoms with Crippen molar-refractivity contribution < 1.29 is 18.0 Å². The lowest BCUT2D eigenvalue weighted by atomic mass is 10.1. The van der Waals surface area contributed by atoms with Gasteiger partial charge < -0.3 is 5.32 Å². The SMILES string of the molecule is C/C(=N/NC(=O)c1ccc(N(Cc2ccc(Cl)cc2)S(C)(=O)=O)cc1)c1ccc(NC(=O)c2ccccc2)cc1. The highest BCUT2D eigenvalue weighted by molar-refractivity contribution is 7.92. The van der Waals surface area contributed by atoms with E-state index in [1.54, 1.807) is 104 Å². The van der Waals surface area contributed by atoms with E-state index in [9.17, 15) is 18.0 Å². The molecule has 10 heteroatoms. The average Bonchev–Trinajstić information content (AvgIpc) is 2.95. The smallest absolute Gasteiger partial charge is 0.271 e. The molecule has 0 spiro atoms. The van der Waals surface area contributed by atoms with Crippen molar-refractivity contribution in [3.8, 4) is 0 Å². The Morgan fingerprint density at radius 3 is 1.95 bits per heavy atom. The number of hydrogen-bond acceptors (Lipinski definition) is 5. The topological polar surface area (TPSA) is 108 Å². The molecular weight excluding hydrogens is 548 g/mol. The number of anilines is 2. The molecule has 0 atom stereocenters. The molecule has 4 aromatic carbocycles. The highest BCUT2D eigenvalue weighted by Crippen LogP contribution is 2.22. The molecule has 0 saturated heterocycles. The Balaban J connectivity index is 1.39. The summed E-state index contributed by atoms with van der Waals surface area (Å²) in [6, 6.07) is 29.2. The van der Waals surface area contributed by atoms with E-state index >= 15 is 0 Å². The van der Waals surface area contributed by atoms with Crippen LogP contribution < -0.4 is 15.0 Å². The van der Waals surface area contributed by atoms with Gasteiger partial charge in [0.2, 0.25) is 10.0 Å². The summed E-state index contributed by atoms with van der Waals surface area (Å²) in [7, 11) is -3.58. The van der Waals surface area contributed by atoms with Crippen molar-refractivity contribution in [2.24, 2.45) is 5.10 Å². The number of sulfonamides is 1. The first-order chi connectivity index (χ1) is 19.1. The average molecular weight is 575 g/mol. The van der Waals surface area contributed by atoms with E-state index in [0.29, 0.717) is 33.2 Å². The van der Waals surface area contributed by atoms with Crippen LogP contribution >= 0.6 is 11.6 Å². The molecule has 4 aromatic rings. The Morgan fingerprint density at radius 1 is 0.775 bits per heavy atom. The summed E-state index contributed by atoms with van der Waals surface area (Å²) in [5.41, 5.74) is 6.56. The lowest BCUT2D eigenvalue weighted by Crippen LogP contribution is -2.29. The quantitative estimate of drug-likeness (QED) is 0.197. The van der Waals surface area contributed by atoms with Crippen LogP contribution in [-0.4, -0.2) is 32.2 Å². The van der Waals surface area contributed by atoms with Gasteiger partial charge in [-0.25, -0.2) is 13.8 Å². The summed E-state index contributed by atoms with van der Waals surface area (Å²) >= 11 is 5.93. The minimum atomic E-state index is -3.58. The zero-order valence-corrected chi connectivity index (χ0v) is 23.4. The van der Waals surface area contributed by atoms with Gasteiger partial charge in [-0.3, -0.25) is 13.9 Å². The van der Waals surface area contributed by atoms with E-state index in [0.717, 1.165) is 17.4 Å². The second-order valence-corrected chi connectivity index (χ2v) is 11.3. The fraction of sp³-hybridized carbons (Fsp3) is 0.100. The van der Waals surface area contributed by atoms with Gasteiger partial charge in [-0.15, -0.1) is 0 Å². The van der Waals surface area contributed by atoms with Crippen LogP contribution in [0.4, 0.5) is 11.4 Å². The first kappa shape index (κ1) is 28.5. The molecule has 0 radical (unpaired) electrons. The molecule has 204 valence electrons. The van der Waals surface area contributed by atoms with E-state index < -0.39 is 15.9 Å². The normalized spacial score (nSPS) is 11.5. The van der Waals surface area contributed by atoms with Gasteiger partial charge in [-0.05, 0) is 78.7 Å². The van der Waals surface area contributed by atoms with Gasteiger partial charge in [0, 0.05) is 21.8 Å². The number of benzene rings is 4. The number of amides is 2. The van der Waals surface area contributed by atoms with Crippen molar-refractivity contribution in [3.05, 3.63) is 130 Å². The van der Waals surface area contributed by atoms with Crippen LogP contribution in [0.3, 0.4) is 0 Å². The molecule has 0 unspecified atom stereocenters. The van der Waals surface area contributed by atoms with Gasteiger partial charge in [-0.2, -0.15) is 5.10 Å². The van der Waals surface area contributed by atoms with Crippen molar-refractivity contribution in [1.29, 1.82) is 0 Å². The van der Waals surface area contributed by atoms with E-state index in [-0.39, 0.29) is 12.5 Å². The third kappa shape index (κ3) is 7.56. The molecule has 0 aliphatic heterocycles. The van der Waals surface area contributed by atoms with Crippen LogP contribution in [0, 0.1) is 0 Å². The summed E-state index contributed by atoms with van der Waals surface area (Å²) < 4.78 is 26.2. The largest absolute Gasteiger partial charge is 0.322 e. The van der Waals surface area contributed by atoms with Crippen LogP contribution in [0.1, 0.15) is 38.8 Å². The molecule has 0 bridgehead atoms. The van der Waals surface area contributed by atoms with Gasteiger partial charge in [0.15, 0.2) is 0 Å². The summed E-state index contributed by atoms with van der Waals surface area (Å²) in [6.07, 6.45) is 1.13. The molecule has 2 N–H and O–H groups in total. The first-order valence-corrected chi connectivity index (χ1v) is 14.5. The maximum atomic E-state index is 12.7. The molecule has 4 rings (SSSR count). The Kier molecular flexibility index (Phi) is 8.98. The molecule has 2 amide bonds. The fourth-order valence-electron chi connectivity index (χ4n) is 3.79. The van der Waals surface area contributed by atoms with Crippen LogP contribution in [0.25, 0.3) is 0 Å². The zero-order valence-electron chi connectivity index (χ0n) is 21.8. The zero-order chi connectivity index (χ0) is 28.7. The maximum Gasteiger partial charge on any atom is 0.271 e. The van der Waals surface area contributed by atoms with Crippen molar-refractivity contribution in [1.82, 2.24) is 5.43 Å². The number of hydrogen-bond donors (Lipinski definition) is 2. The first-order valence-electron chi connectivity index (χ1n) is 12.2. The molecule has 0 fully saturated rings. The van der Waals surface area contributed by atoms with Gasteiger partial charge >= 0.3 is 0 Å². The summed E-state index contributed by atoms with van der Waals surface area (Å²) in [5.74, 6) is -0.650. The number of carbonyl (C=O) groups is 2. The number of rotatable bonds is 9. The van der Waals surface area contributed by atoms with Gasteiger partial charge in [0.1, 0.15) is 0 Å². The van der Waals surface area contributed by atoms with Crippen LogP contribution in [0.5, 0.6) is 0 Å². The Morgan fingerprint density at radius 2 is 1.35 bits per heavy atom. The third-order valence-electron chi connectivity index (χ3n) is 5.98. The van der Waals surface area contributed by atoms with E-state index in [1.807, 2.05) is 6.07 Å². The molecule has 0 aliphatic rings. The second kappa shape index (κ2) is 12.6. The Bertz CT molecular complexity index is 1620. The van der Waals surface area contributed by atoms with Crippen LogP contribution in [0.2, 0.25) is 5.02 Å². The van der Waals surface area contributed by atoms with Gasteiger partial charge in [0.25, 0.3) is 11.8 Å². The number of carbonyl (C=O) groups excluding carboxylic acids is 2. The van der Waals surface area contributed by atoms with Crippen molar-refractivity contribution in [3.63, 3.8) is 0 Å². The number of hydrazone groups is 1. The minimum Gasteiger partial charge on any atom is -0.322 e. The molecule has 0 heterocycles. The standard InChI is InChI=1S/C30H27ClN4O4S/c1-21(23-10-16-27(17-11-23)32-29(36)24-6-4-3-5-7-24)33-34-30(37)25-12-18-28(19-13-25)35(40(2,38)39)20-22-8-14-26(31)15-9-22/h3-19H,20H2,1-2H3,(H,32,36)(H,34,37)/b33-21-. The highest BCUT2D eigenvalue weighted by atomic mass is 35.5. The van der Waals surface area contributed by atoms with E-state index in [1.165, 1.54) is 4.31 Å². The Hall–Kier alpha value is -4.47. The van der Waals surface area contributed by atoms with Crippen LogP contribution in [0.15, 0.2) is 108 Å².